The third-order valence-corrected chi connectivity index (χ3v) is 11.6. The summed E-state index contributed by atoms with van der Waals surface area (Å²) in [6.45, 7) is 0. The maximum Gasteiger partial charge on any atom is 0.0541 e. The van der Waals surface area contributed by atoms with Gasteiger partial charge >= 0.3 is 0 Å². The Morgan fingerprint density at radius 2 is 0.655 bits per heavy atom. The minimum atomic E-state index is 1.12. The van der Waals surface area contributed by atoms with E-state index in [2.05, 4.69) is 240 Å². The van der Waals surface area contributed by atoms with Crippen molar-refractivity contribution in [3.63, 3.8) is 0 Å². The highest BCUT2D eigenvalue weighted by Crippen LogP contribution is 2.44. The van der Waals surface area contributed by atoms with Crippen LogP contribution in [-0.2, 0) is 0 Å². The Bertz CT molecular complexity index is 3140. The van der Waals surface area contributed by atoms with Crippen LogP contribution in [-0.4, -0.2) is 4.57 Å². The first kappa shape index (κ1) is 33.6. The quantitative estimate of drug-likeness (QED) is 0.148. The topological polar surface area (TPSA) is 8.17 Å². The molecule has 58 heavy (non-hydrogen) atoms. The zero-order valence-electron chi connectivity index (χ0n) is 31.8. The number of hydrogen-bond donors (Lipinski definition) is 0. The molecule has 1 heterocycles. The Hall–Kier alpha value is -7.68. The number of para-hydroxylation sites is 3. The zero-order valence-corrected chi connectivity index (χ0v) is 31.8. The highest BCUT2D eigenvalue weighted by Gasteiger charge is 2.18. The van der Waals surface area contributed by atoms with Gasteiger partial charge in [-0.2, -0.15) is 0 Å². The smallest absolute Gasteiger partial charge is 0.0541 e. The molecular weight excluding hydrogens is 701 g/mol. The van der Waals surface area contributed by atoms with Crippen molar-refractivity contribution in [2.75, 3.05) is 4.90 Å². The molecule has 0 radical (unpaired) electrons. The summed E-state index contributed by atoms with van der Waals surface area (Å²) in [5.74, 6) is 0. The van der Waals surface area contributed by atoms with Gasteiger partial charge in [-0.3, -0.25) is 0 Å². The normalized spacial score (nSPS) is 11.4. The van der Waals surface area contributed by atoms with Gasteiger partial charge < -0.3 is 9.47 Å². The maximum absolute atomic E-state index is 2.41. The first-order chi connectivity index (χ1) is 28.8. The molecule has 0 spiro atoms. The highest BCUT2D eigenvalue weighted by molar-refractivity contribution is 6.21. The van der Waals surface area contributed by atoms with Gasteiger partial charge in [-0.15, -0.1) is 0 Å². The summed E-state index contributed by atoms with van der Waals surface area (Å²) in [7, 11) is 0. The van der Waals surface area contributed by atoms with Crippen LogP contribution in [0, 0.1) is 0 Å². The monoisotopic (exact) mass is 738 g/mol. The van der Waals surface area contributed by atoms with Crippen molar-refractivity contribution in [2.45, 2.75) is 0 Å². The van der Waals surface area contributed by atoms with E-state index < -0.39 is 0 Å². The number of rotatable bonds is 7. The molecule has 2 heteroatoms. The maximum atomic E-state index is 2.41. The largest absolute Gasteiger partial charge is 0.311 e. The first-order valence-corrected chi connectivity index (χ1v) is 19.9. The Labute approximate surface area is 338 Å². The van der Waals surface area contributed by atoms with Gasteiger partial charge in [0.05, 0.1) is 11.0 Å². The fourth-order valence-corrected chi connectivity index (χ4v) is 8.97. The van der Waals surface area contributed by atoms with Crippen LogP contribution in [0.5, 0.6) is 0 Å². The van der Waals surface area contributed by atoms with E-state index in [0.717, 1.165) is 22.7 Å². The van der Waals surface area contributed by atoms with Gasteiger partial charge in [0.2, 0.25) is 0 Å². The van der Waals surface area contributed by atoms with Crippen LogP contribution < -0.4 is 4.90 Å². The van der Waals surface area contributed by atoms with Crippen LogP contribution in [0.2, 0.25) is 0 Å². The highest BCUT2D eigenvalue weighted by atomic mass is 15.1. The third-order valence-electron chi connectivity index (χ3n) is 11.6. The van der Waals surface area contributed by atoms with Gasteiger partial charge in [0, 0.05) is 33.5 Å². The molecule has 0 bridgehead atoms. The van der Waals surface area contributed by atoms with Crippen LogP contribution >= 0.6 is 0 Å². The van der Waals surface area contributed by atoms with Crippen LogP contribution in [0.25, 0.3) is 82.4 Å². The molecule has 0 fully saturated rings. The van der Waals surface area contributed by atoms with Crippen LogP contribution in [0.3, 0.4) is 0 Å². The van der Waals surface area contributed by atoms with Crippen molar-refractivity contribution < 1.29 is 0 Å². The van der Waals surface area contributed by atoms with E-state index >= 15 is 0 Å². The Kier molecular flexibility index (Phi) is 8.19. The fourth-order valence-electron chi connectivity index (χ4n) is 8.97. The second-order valence-electron chi connectivity index (χ2n) is 14.9. The van der Waals surface area contributed by atoms with Crippen LogP contribution in [0.15, 0.2) is 231 Å². The van der Waals surface area contributed by atoms with Crippen molar-refractivity contribution in [3.05, 3.63) is 231 Å². The molecule has 0 saturated carbocycles. The number of fused-ring (bicyclic) bond motifs is 5. The molecule has 0 aliphatic rings. The number of nitrogens with zero attached hydrogens (tertiary/aromatic N) is 2. The van der Waals surface area contributed by atoms with Gasteiger partial charge in [0.1, 0.15) is 0 Å². The van der Waals surface area contributed by atoms with Crippen molar-refractivity contribution in [3.8, 4) is 39.1 Å². The molecule has 11 aromatic rings. The number of aromatic nitrogens is 1. The third kappa shape index (κ3) is 5.66. The summed E-state index contributed by atoms with van der Waals surface area (Å²) in [6.07, 6.45) is 0. The Balaban J connectivity index is 0.993. The van der Waals surface area contributed by atoms with E-state index in [1.165, 1.54) is 76.7 Å². The molecule has 0 atom stereocenters. The van der Waals surface area contributed by atoms with Crippen molar-refractivity contribution in [1.82, 2.24) is 4.57 Å². The fraction of sp³-hybridized carbons (Fsp3) is 0. The first-order valence-electron chi connectivity index (χ1n) is 19.9. The van der Waals surface area contributed by atoms with Gasteiger partial charge in [-0.1, -0.05) is 164 Å². The lowest BCUT2D eigenvalue weighted by atomic mass is 9.86. The van der Waals surface area contributed by atoms with Gasteiger partial charge in [-0.05, 0) is 122 Å². The minimum absolute atomic E-state index is 1.12. The van der Waals surface area contributed by atoms with Gasteiger partial charge in [-0.25, -0.2) is 0 Å². The molecule has 272 valence electrons. The molecule has 11 rings (SSSR count). The average molecular weight is 739 g/mol. The van der Waals surface area contributed by atoms with Crippen molar-refractivity contribution in [2.24, 2.45) is 0 Å². The van der Waals surface area contributed by atoms with E-state index in [4.69, 9.17) is 0 Å². The van der Waals surface area contributed by atoms with Crippen LogP contribution in [0.4, 0.5) is 17.1 Å². The molecule has 0 aliphatic heterocycles. The van der Waals surface area contributed by atoms with E-state index in [9.17, 15) is 0 Å². The SMILES string of the molecule is c1ccc(-c2c3ccccc3c(-c3ccc(-n4c5ccccc5c5cc(-c6ccc(N(c7ccccc7)c7ccccc7)cc6)ccc54)cc3)c3ccccc23)cc1. The summed E-state index contributed by atoms with van der Waals surface area (Å²) in [5, 5.41) is 7.54. The van der Waals surface area contributed by atoms with E-state index in [0.29, 0.717) is 0 Å². The zero-order chi connectivity index (χ0) is 38.4. The predicted molar refractivity (Wildman–Crippen MR) is 247 cm³/mol. The Morgan fingerprint density at radius 3 is 1.21 bits per heavy atom. The summed E-state index contributed by atoms with van der Waals surface area (Å²) < 4.78 is 2.41. The standard InChI is InChI=1S/C56H38N2/c1-4-16-40(17-5-1)55-48-23-10-12-25-50(48)56(51-26-13-11-24-49(51)55)41-30-35-46(36-31-41)58-53-27-15-14-22-47(53)52-38-42(32-37-54(52)58)39-28-33-45(34-29-39)57(43-18-6-2-7-19-43)44-20-8-3-9-21-44/h1-38H. The van der Waals surface area contributed by atoms with E-state index in [-0.39, 0.29) is 0 Å². The summed E-state index contributed by atoms with van der Waals surface area (Å²) in [5.41, 5.74) is 14.3. The van der Waals surface area contributed by atoms with Crippen molar-refractivity contribution in [1.29, 1.82) is 0 Å². The predicted octanol–water partition coefficient (Wildman–Crippen LogP) is 15.6. The summed E-state index contributed by atoms with van der Waals surface area (Å²) in [4.78, 5) is 2.30. The second kappa shape index (κ2) is 14.1. The van der Waals surface area contributed by atoms with Gasteiger partial charge in [0.25, 0.3) is 0 Å². The molecule has 0 saturated heterocycles. The lowest BCUT2D eigenvalue weighted by Crippen LogP contribution is -2.09. The lowest BCUT2D eigenvalue weighted by molar-refractivity contribution is 1.18. The summed E-state index contributed by atoms with van der Waals surface area (Å²) in [6, 6.07) is 83.4. The van der Waals surface area contributed by atoms with E-state index in [1.54, 1.807) is 0 Å². The average Bonchev–Trinajstić information content (AvgIpc) is 3.63. The number of benzene rings is 10. The number of anilines is 3. The summed E-state index contributed by atoms with van der Waals surface area (Å²) >= 11 is 0. The minimum Gasteiger partial charge on any atom is -0.311 e. The van der Waals surface area contributed by atoms with Crippen molar-refractivity contribution >= 4 is 60.4 Å². The molecule has 0 unspecified atom stereocenters. The molecule has 0 aliphatic carbocycles. The second-order valence-corrected chi connectivity index (χ2v) is 14.9. The van der Waals surface area contributed by atoms with Gasteiger partial charge in [0.15, 0.2) is 0 Å². The lowest BCUT2D eigenvalue weighted by Gasteiger charge is -2.25. The molecule has 0 N–H and O–H groups in total. The molecule has 0 amide bonds. The Morgan fingerprint density at radius 1 is 0.259 bits per heavy atom. The molecule has 10 aromatic carbocycles. The molecule has 1 aromatic heterocycles. The number of hydrogen-bond acceptors (Lipinski definition) is 1. The molecule has 2 nitrogen and oxygen atoms in total. The molecular formula is C56H38N2. The van der Waals surface area contributed by atoms with E-state index in [1.807, 2.05) is 0 Å². The van der Waals surface area contributed by atoms with Crippen LogP contribution in [0.1, 0.15) is 0 Å².